The summed E-state index contributed by atoms with van der Waals surface area (Å²) < 4.78 is 77.7. The van der Waals surface area contributed by atoms with Gasteiger partial charge in [-0.25, -0.2) is 0 Å². The van der Waals surface area contributed by atoms with Gasteiger partial charge in [-0.05, 0) is 132 Å². The van der Waals surface area contributed by atoms with Gasteiger partial charge in [0.25, 0.3) is 0 Å². The summed E-state index contributed by atoms with van der Waals surface area (Å²) in [5.74, 6) is -0.635. The Kier molecular flexibility index (Phi) is 50.0. The smallest absolute Gasteiger partial charge is 0.465 e. The van der Waals surface area contributed by atoms with Crippen molar-refractivity contribution in [3.8, 4) is 0 Å². The summed E-state index contributed by atoms with van der Waals surface area (Å²) in [4.78, 5) is 51.8. The number of rotatable bonds is 60. The molecule has 0 radical (unpaired) electrons. The third-order valence-electron chi connectivity index (χ3n) is 13.7. The number of esters is 4. The minimum Gasteiger partial charge on any atom is -0.465 e. The zero-order chi connectivity index (χ0) is 60.4. The Morgan fingerprint density at radius 2 is 0.716 bits per heavy atom. The molecule has 0 aliphatic heterocycles. The quantitative estimate of drug-likeness (QED) is 0.0194. The molecule has 24 heteroatoms. The van der Waals surface area contributed by atoms with Crippen LogP contribution >= 0.6 is 0 Å². The minimum absolute atomic E-state index is 0.101. The van der Waals surface area contributed by atoms with Crippen LogP contribution in [0, 0.1) is 17.3 Å². The number of hydrogen-bond acceptors (Lipinski definition) is 21. The second-order valence-corrected chi connectivity index (χ2v) is 28.3. The molecule has 0 heterocycles. The lowest BCUT2D eigenvalue weighted by Crippen LogP contribution is -2.47. The summed E-state index contributed by atoms with van der Waals surface area (Å²) in [5.41, 5.74) is -0.964. The van der Waals surface area contributed by atoms with Gasteiger partial charge in [0.2, 0.25) is 0 Å². The average molecular weight is 1220 g/mol. The summed E-state index contributed by atoms with van der Waals surface area (Å²) in [6, 6.07) is 1.93. The van der Waals surface area contributed by atoms with Crippen LogP contribution in [-0.4, -0.2) is 189 Å². The van der Waals surface area contributed by atoms with E-state index in [1.54, 1.807) is 0 Å². The summed E-state index contributed by atoms with van der Waals surface area (Å²) in [6.07, 6.45) is 9.53. The molecule has 81 heavy (non-hydrogen) atoms. The van der Waals surface area contributed by atoms with Crippen LogP contribution in [-0.2, 0) is 78.0 Å². The van der Waals surface area contributed by atoms with Gasteiger partial charge in [-0.1, -0.05) is 53.4 Å². The maximum absolute atomic E-state index is 13.2. The molecule has 0 rings (SSSR count). The van der Waals surface area contributed by atoms with E-state index in [2.05, 4.69) is 42.0 Å². The van der Waals surface area contributed by atoms with E-state index in [4.69, 9.17) is 58.8 Å². The monoisotopic (exact) mass is 1210 g/mol. The second kappa shape index (κ2) is 51.3. The number of carbonyl (C=O) groups excluding carboxylic acids is 4. The highest BCUT2D eigenvalue weighted by Crippen LogP contribution is 2.26. The fourth-order valence-electron chi connectivity index (χ4n) is 8.88. The van der Waals surface area contributed by atoms with Gasteiger partial charge in [0.15, 0.2) is 0 Å². The van der Waals surface area contributed by atoms with E-state index in [0.29, 0.717) is 161 Å². The lowest BCUT2D eigenvalue weighted by atomic mass is 9.88. The Morgan fingerprint density at radius 1 is 0.383 bits per heavy atom. The topological polar surface area (TPSA) is 236 Å². The highest BCUT2D eigenvalue weighted by molar-refractivity contribution is 6.61. The maximum atomic E-state index is 13.2. The average Bonchev–Trinajstić information content (AvgIpc) is 3.45. The molecule has 0 aromatic rings. The van der Waals surface area contributed by atoms with Crippen LogP contribution in [0.1, 0.15) is 173 Å². The van der Waals surface area contributed by atoms with Gasteiger partial charge in [-0.15, -0.1) is 0 Å². The number of unbranched alkanes of at least 4 members (excludes halogenated alkanes) is 1. The van der Waals surface area contributed by atoms with Crippen LogP contribution in [0.15, 0.2) is 0 Å². The van der Waals surface area contributed by atoms with Gasteiger partial charge >= 0.3 is 50.3 Å². The molecule has 0 fully saturated rings. The number of hydrogen-bond donors (Lipinski definition) is 4. The van der Waals surface area contributed by atoms with E-state index in [1.165, 1.54) is 0 Å². The summed E-state index contributed by atoms with van der Waals surface area (Å²) in [7, 11) is -8.50. The van der Waals surface area contributed by atoms with Crippen molar-refractivity contribution in [2.75, 3.05) is 138 Å². The molecular formula is C57H118N4O17Si3. The molecule has 480 valence electrons. The molecule has 4 N–H and O–H groups in total. The van der Waals surface area contributed by atoms with E-state index >= 15 is 0 Å². The van der Waals surface area contributed by atoms with Crippen molar-refractivity contribution in [1.29, 1.82) is 0 Å². The molecule has 0 spiro atoms. The van der Waals surface area contributed by atoms with Gasteiger partial charge in [-0.3, -0.25) is 19.2 Å². The maximum Gasteiger partial charge on any atom is 0.500 e. The number of carbonyl (C=O) groups is 4. The predicted molar refractivity (Wildman–Crippen MR) is 323 cm³/mol. The Balaban J connectivity index is 5.38. The van der Waals surface area contributed by atoms with Crippen molar-refractivity contribution in [1.82, 2.24) is 21.3 Å². The third-order valence-corrected chi connectivity index (χ3v) is 23.1. The Labute approximate surface area is 494 Å². The molecule has 0 aliphatic carbocycles. The van der Waals surface area contributed by atoms with Crippen molar-refractivity contribution in [3.63, 3.8) is 0 Å². The lowest BCUT2D eigenvalue weighted by molar-refractivity contribution is -0.162. The molecule has 0 bridgehead atoms. The van der Waals surface area contributed by atoms with E-state index in [0.717, 1.165) is 57.9 Å². The first-order valence-corrected chi connectivity index (χ1v) is 37.2. The van der Waals surface area contributed by atoms with E-state index in [9.17, 15) is 19.2 Å². The first-order valence-electron chi connectivity index (χ1n) is 31.4. The first-order chi connectivity index (χ1) is 39.2. The van der Waals surface area contributed by atoms with E-state index < -0.39 is 49.7 Å². The Bertz CT molecular complexity index is 1460. The Morgan fingerprint density at radius 3 is 1.04 bits per heavy atom. The second-order valence-electron chi connectivity index (χ2n) is 20.1. The minimum atomic E-state index is -2.98. The highest BCUT2D eigenvalue weighted by atomic mass is 28.4. The molecule has 0 aliphatic rings. The fourth-order valence-corrected chi connectivity index (χ4v) is 16.7. The van der Waals surface area contributed by atoms with Crippen molar-refractivity contribution in [2.24, 2.45) is 17.3 Å². The van der Waals surface area contributed by atoms with Crippen LogP contribution < -0.4 is 21.3 Å². The van der Waals surface area contributed by atoms with E-state index in [-0.39, 0.29) is 45.1 Å². The van der Waals surface area contributed by atoms with Crippen LogP contribution in [0.5, 0.6) is 0 Å². The van der Waals surface area contributed by atoms with Crippen LogP contribution in [0.3, 0.4) is 0 Å². The molecule has 0 saturated carbocycles. The largest absolute Gasteiger partial charge is 0.500 e. The molecule has 0 saturated heterocycles. The van der Waals surface area contributed by atoms with Gasteiger partial charge in [0, 0.05) is 104 Å². The van der Waals surface area contributed by atoms with Crippen molar-refractivity contribution >= 4 is 50.3 Å². The molecule has 2 unspecified atom stereocenters. The van der Waals surface area contributed by atoms with E-state index in [1.807, 2.05) is 62.3 Å². The van der Waals surface area contributed by atoms with Gasteiger partial charge in [-0.2, -0.15) is 0 Å². The number of ether oxygens (including phenoxy) is 4. The van der Waals surface area contributed by atoms with Gasteiger partial charge in [0.05, 0.1) is 37.7 Å². The zero-order valence-electron chi connectivity index (χ0n) is 53.0. The Hall–Kier alpha value is -1.99. The van der Waals surface area contributed by atoms with Crippen LogP contribution in [0.4, 0.5) is 0 Å². The van der Waals surface area contributed by atoms with Crippen molar-refractivity contribution in [2.45, 2.75) is 191 Å². The highest BCUT2D eigenvalue weighted by Gasteiger charge is 2.42. The fraction of sp³-hybridized carbons (Fsp3) is 0.930. The SMILES string of the molecule is CCCCC(CC)COC(=O)CCNCC(CC)CCO[Si](CCCNCCC(=O)OCC(CC)(COC(=O)CCNCCC[Si](OCC)(OCC)OCC)COC(=O)CCNCCC[Si](OCC)(OCC)OCC)(OCC)OCC. The molecule has 21 nitrogen and oxygen atoms in total. The van der Waals surface area contributed by atoms with Crippen LogP contribution in [0.2, 0.25) is 18.1 Å². The number of nitrogens with one attached hydrogen (secondary N) is 4. The molecule has 0 amide bonds. The summed E-state index contributed by atoms with van der Waals surface area (Å²) in [6.45, 7) is 32.9. The third kappa shape index (κ3) is 38.6. The molecule has 0 aromatic heterocycles. The molecule has 0 aromatic carbocycles. The normalized spacial score (nSPS) is 13.1. The van der Waals surface area contributed by atoms with Crippen LogP contribution in [0.25, 0.3) is 0 Å². The molecule has 2 atom stereocenters. The van der Waals surface area contributed by atoms with Gasteiger partial charge in [0.1, 0.15) is 19.8 Å². The van der Waals surface area contributed by atoms with Gasteiger partial charge < -0.3 is 80.0 Å². The molecular weight excluding hydrogens is 1100 g/mol. The van der Waals surface area contributed by atoms with Crippen molar-refractivity contribution in [3.05, 3.63) is 0 Å². The summed E-state index contributed by atoms with van der Waals surface area (Å²) >= 11 is 0. The van der Waals surface area contributed by atoms with Crippen molar-refractivity contribution < 1.29 is 78.0 Å². The standard InChI is InChI=1S/C57H118N4O17Si3/c1-13-25-29-52(15-3)47-66-53(62)33-41-61-46-51(14-2)34-42-78-81(76-23-11,77-24-12)45-28-37-60-40-32-56(65)69-50-57(16-4,48-67-54(63)30-38-58-35-26-43-79(70-17-5,71-18-6)72-19-7)49-68-55(64)31-39-59-36-27-44-80(73-20-8,74-21-9)75-22-10/h51-52,58-61H,13-50H2,1-12H3. The predicted octanol–water partition coefficient (Wildman–Crippen LogP) is 8.40. The lowest BCUT2D eigenvalue weighted by Gasteiger charge is -2.31. The first kappa shape index (κ1) is 79.0. The zero-order valence-corrected chi connectivity index (χ0v) is 56.0. The summed E-state index contributed by atoms with van der Waals surface area (Å²) in [5, 5.41) is 13.4.